The molecule has 118 valence electrons. The van der Waals surface area contributed by atoms with Crippen LogP contribution in [0.3, 0.4) is 0 Å². The first kappa shape index (κ1) is 15.5. The zero-order valence-corrected chi connectivity index (χ0v) is 14.2. The van der Waals surface area contributed by atoms with Crippen LogP contribution in [0.4, 0.5) is 0 Å². The standard InChI is InChI=1S/C15H18ClN3O2S/c1-10-12(18-21-17-10)8-14(20)19-7-3-6-15(19,2)9-11-4-5-13(16)22-11/h4-5H,3,6-9H2,1-2H3. The first-order valence-electron chi connectivity index (χ1n) is 7.31. The quantitative estimate of drug-likeness (QED) is 0.857. The Hall–Kier alpha value is -1.40. The van der Waals surface area contributed by atoms with Gasteiger partial charge in [-0.3, -0.25) is 4.79 Å². The lowest BCUT2D eigenvalue weighted by atomic mass is 9.93. The lowest BCUT2D eigenvalue weighted by Gasteiger charge is -2.35. The van der Waals surface area contributed by atoms with E-state index in [-0.39, 0.29) is 17.9 Å². The van der Waals surface area contributed by atoms with Gasteiger partial charge in [0, 0.05) is 23.4 Å². The van der Waals surface area contributed by atoms with Crippen LogP contribution >= 0.6 is 22.9 Å². The molecule has 1 aliphatic rings. The summed E-state index contributed by atoms with van der Waals surface area (Å²) in [5, 5.41) is 7.55. The summed E-state index contributed by atoms with van der Waals surface area (Å²) >= 11 is 7.60. The third-order valence-electron chi connectivity index (χ3n) is 4.30. The molecule has 2 aromatic heterocycles. The zero-order valence-electron chi connectivity index (χ0n) is 12.6. The maximum Gasteiger partial charge on any atom is 0.229 e. The van der Waals surface area contributed by atoms with Crippen molar-refractivity contribution < 1.29 is 9.42 Å². The molecule has 22 heavy (non-hydrogen) atoms. The van der Waals surface area contributed by atoms with E-state index in [1.165, 1.54) is 4.88 Å². The summed E-state index contributed by atoms with van der Waals surface area (Å²) in [5.74, 6) is 0.0847. The van der Waals surface area contributed by atoms with Crippen molar-refractivity contribution in [2.24, 2.45) is 0 Å². The minimum Gasteiger partial charge on any atom is -0.337 e. The van der Waals surface area contributed by atoms with Crippen molar-refractivity contribution in [1.82, 2.24) is 15.2 Å². The van der Waals surface area contributed by atoms with Crippen LogP contribution in [0.25, 0.3) is 0 Å². The van der Waals surface area contributed by atoms with Crippen LogP contribution in [-0.2, 0) is 17.6 Å². The Morgan fingerprint density at radius 2 is 2.32 bits per heavy atom. The third kappa shape index (κ3) is 3.03. The molecule has 0 aromatic carbocycles. The molecule has 1 aliphatic heterocycles. The van der Waals surface area contributed by atoms with Crippen LogP contribution in [0.5, 0.6) is 0 Å². The van der Waals surface area contributed by atoms with Gasteiger partial charge in [-0.25, -0.2) is 4.63 Å². The monoisotopic (exact) mass is 339 g/mol. The van der Waals surface area contributed by atoms with Crippen LogP contribution in [0.2, 0.25) is 4.34 Å². The average Bonchev–Trinajstić information content (AvgIpc) is 3.13. The molecule has 0 saturated carbocycles. The molecule has 0 radical (unpaired) electrons. The number of aryl methyl sites for hydroxylation is 1. The maximum absolute atomic E-state index is 12.7. The van der Waals surface area contributed by atoms with Crippen molar-refractivity contribution in [2.75, 3.05) is 6.54 Å². The summed E-state index contributed by atoms with van der Waals surface area (Å²) < 4.78 is 5.47. The Morgan fingerprint density at radius 1 is 1.50 bits per heavy atom. The van der Waals surface area contributed by atoms with E-state index >= 15 is 0 Å². The molecule has 1 saturated heterocycles. The van der Waals surface area contributed by atoms with Gasteiger partial charge in [0.25, 0.3) is 0 Å². The van der Waals surface area contributed by atoms with Crippen molar-refractivity contribution in [3.8, 4) is 0 Å². The molecule has 0 N–H and O–H groups in total. The highest BCUT2D eigenvalue weighted by Gasteiger charge is 2.40. The van der Waals surface area contributed by atoms with E-state index in [0.29, 0.717) is 11.4 Å². The third-order valence-corrected chi connectivity index (χ3v) is 5.53. The fraction of sp³-hybridized carbons (Fsp3) is 0.533. The molecule has 5 nitrogen and oxygen atoms in total. The van der Waals surface area contributed by atoms with E-state index in [9.17, 15) is 4.79 Å². The SMILES string of the molecule is Cc1nonc1CC(=O)N1CCCC1(C)Cc1ccc(Cl)s1. The number of likely N-dealkylation sites (tertiary alicyclic amines) is 1. The van der Waals surface area contributed by atoms with Crippen LogP contribution in [-0.4, -0.2) is 33.2 Å². The summed E-state index contributed by atoms with van der Waals surface area (Å²) in [7, 11) is 0. The van der Waals surface area contributed by atoms with Gasteiger partial charge in [0.1, 0.15) is 11.4 Å². The molecular weight excluding hydrogens is 322 g/mol. The van der Waals surface area contributed by atoms with Crippen molar-refractivity contribution in [3.05, 3.63) is 32.7 Å². The normalized spacial score (nSPS) is 21.5. The fourth-order valence-corrected chi connectivity index (χ4v) is 4.37. The first-order valence-corrected chi connectivity index (χ1v) is 8.50. The number of amides is 1. The summed E-state index contributed by atoms with van der Waals surface area (Å²) in [4.78, 5) is 15.9. The smallest absolute Gasteiger partial charge is 0.229 e. The van der Waals surface area contributed by atoms with Gasteiger partial charge in [0.15, 0.2) is 0 Å². The van der Waals surface area contributed by atoms with Crippen LogP contribution in [0.1, 0.15) is 36.0 Å². The molecule has 0 aliphatic carbocycles. The molecule has 0 bridgehead atoms. The van der Waals surface area contributed by atoms with E-state index in [1.54, 1.807) is 18.3 Å². The average molecular weight is 340 g/mol. The number of carbonyl (C=O) groups is 1. The Balaban J connectivity index is 1.74. The highest BCUT2D eigenvalue weighted by Crippen LogP contribution is 2.35. The van der Waals surface area contributed by atoms with E-state index in [4.69, 9.17) is 11.6 Å². The summed E-state index contributed by atoms with van der Waals surface area (Å²) in [6, 6.07) is 3.96. The molecular formula is C15H18ClN3O2S. The van der Waals surface area contributed by atoms with E-state index < -0.39 is 0 Å². The molecule has 1 unspecified atom stereocenters. The van der Waals surface area contributed by atoms with Gasteiger partial charge in [0.05, 0.1) is 10.8 Å². The Bertz CT molecular complexity index is 684. The predicted molar refractivity (Wildman–Crippen MR) is 85.1 cm³/mol. The highest BCUT2D eigenvalue weighted by atomic mass is 35.5. The number of nitrogens with zero attached hydrogens (tertiary/aromatic N) is 3. The second-order valence-electron chi connectivity index (χ2n) is 6.00. The topological polar surface area (TPSA) is 59.2 Å². The van der Waals surface area contributed by atoms with Crippen molar-refractivity contribution >= 4 is 28.8 Å². The molecule has 1 atom stereocenters. The van der Waals surface area contributed by atoms with Crippen LogP contribution < -0.4 is 0 Å². The van der Waals surface area contributed by atoms with E-state index in [0.717, 1.165) is 30.1 Å². The largest absolute Gasteiger partial charge is 0.337 e. The van der Waals surface area contributed by atoms with E-state index in [1.807, 2.05) is 17.0 Å². The van der Waals surface area contributed by atoms with Crippen LogP contribution in [0, 0.1) is 6.92 Å². The van der Waals surface area contributed by atoms with Gasteiger partial charge in [-0.1, -0.05) is 21.9 Å². The minimum atomic E-state index is -0.156. The second kappa shape index (κ2) is 6.01. The van der Waals surface area contributed by atoms with Gasteiger partial charge in [-0.2, -0.15) is 0 Å². The van der Waals surface area contributed by atoms with Gasteiger partial charge >= 0.3 is 0 Å². The van der Waals surface area contributed by atoms with Gasteiger partial charge in [-0.15, -0.1) is 11.3 Å². The maximum atomic E-state index is 12.7. The minimum absolute atomic E-state index is 0.0847. The van der Waals surface area contributed by atoms with Gasteiger partial charge in [0.2, 0.25) is 5.91 Å². The summed E-state index contributed by atoms with van der Waals surface area (Å²) in [5.41, 5.74) is 1.15. The number of thiophene rings is 1. The van der Waals surface area contributed by atoms with Crippen LogP contribution in [0.15, 0.2) is 16.8 Å². The Morgan fingerprint density at radius 3 is 2.95 bits per heavy atom. The first-order chi connectivity index (χ1) is 10.5. The number of aromatic nitrogens is 2. The number of hydrogen-bond acceptors (Lipinski definition) is 5. The van der Waals surface area contributed by atoms with Gasteiger partial charge in [-0.05, 0) is 38.8 Å². The molecule has 0 spiro atoms. The van der Waals surface area contributed by atoms with E-state index in [2.05, 4.69) is 21.9 Å². The summed E-state index contributed by atoms with van der Waals surface area (Å²) in [6.45, 7) is 4.74. The second-order valence-corrected chi connectivity index (χ2v) is 7.80. The molecule has 1 fully saturated rings. The molecule has 2 aromatic rings. The molecule has 7 heteroatoms. The molecule has 1 amide bonds. The van der Waals surface area contributed by atoms with Crippen molar-refractivity contribution in [3.63, 3.8) is 0 Å². The number of rotatable bonds is 4. The Labute approximate surface area is 138 Å². The van der Waals surface area contributed by atoms with Crippen molar-refractivity contribution in [2.45, 2.75) is 45.1 Å². The van der Waals surface area contributed by atoms with Crippen molar-refractivity contribution in [1.29, 1.82) is 0 Å². The number of halogens is 1. The number of carbonyl (C=O) groups excluding carboxylic acids is 1. The van der Waals surface area contributed by atoms with Gasteiger partial charge < -0.3 is 4.90 Å². The number of hydrogen-bond donors (Lipinski definition) is 0. The molecule has 3 rings (SSSR count). The fourth-order valence-electron chi connectivity index (χ4n) is 3.10. The zero-order chi connectivity index (χ0) is 15.7. The summed E-state index contributed by atoms with van der Waals surface area (Å²) in [6.07, 6.45) is 3.12. The Kier molecular flexibility index (Phi) is 4.23. The molecule has 3 heterocycles. The predicted octanol–water partition coefficient (Wildman–Crippen LogP) is 3.26. The highest BCUT2D eigenvalue weighted by molar-refractivity contribution is 7.16. The lowest BCUT2D eigenvalue weighted by molar-refractivity contribution is -0.134. The lowest BCUT2D eigenvalue weighted by Crippen LogP contribution is -2.47.